The smallest absolute Gasteiger partial charge is 0.240 e. The minimum absolute atomic E-state index is 0.165. The van der Waals surface area contributed by atoms with E-state index in [0.29, 0.717) is 0 Å². The van der Waals surface area contributed by atoms with E-state index in [0.717, 1.165) is 11.1 Å². The molecule has 1 atom stereocenters. The lowest BCUT2D eigenvalue weighted by Gasteiger charge is -2.14. The van der Waals surface area contributed by atoms with Gasteiger partial charge in [-0.2, -0.15) is 0 Å². The number of nitrogens with two attached hydrogens (primary N) is 1. The molecule has 0 spiro atoms. The summed E-state index contributed by atoms with van der Waals surface area (Å²) in [6.07, 6.45) is 0. The van der Waals surface area contributed by atoms with Gasteiger partial charge in [-0.25, -0.2) is 13.1 Å². The molecule has 22 heavy (non-hydrogen) atoms. The van der Waals surface area contributed by atoms with Crippen molar-refractivity contribution in [2.24, 2.45) is 5.73 Å². The van der Waals surface area contributed by atoms with Crippen molar-refractivity contribution in [3.63, 3.8) is 0 Å². The van der Waals surface area contributed by atoms with Crippen molar-refractivity contribution < 1.29 is 8.42 Å². The fourth-order valence-electron chi connectivity index (χ4n) is 2.14. The second-order valence-corrected chi connectivity index (χ2v) is 7.36. The molecular weight excluding hydrogens is 296 g/mol. The second-order valence-electron chi connectivity index (χ2n) is 5.60. The number of nitrogens with one attached hydrogen (secondary N) is 1. The van der Waals surface area contributed by atoms with Gasteiger partial charge in [0.25, 0.3) is 0 Å². The van der Waals surface area contributed by atoms with Crippen LogP contribution in [0.5, 0.6) is 0 Å². The Morgan fingerprint density at radius 1 is 1.00 bits per heavy atom. The van der Waals surface area contributed by atoms with Crippen molar-refractivity contribution in [3.8, 4) is 0 Å². The fourth-order valence-corrected chi connectivity index (χ4v) is 3.26. The maximum atomic E-state index is 12.4. The summed E-state index contributed by atoms with van der Waals surface area (Å²) in [5.74, 6) is 0.279. The van der Waals surface area contributed by atoms with Crippen LogP contribution >= 0.6 is 0 Å². The molecule has 0 amide bonds. The summed E-state index contributed by atoms with van der Waals surface area (Å²) in [5, 5.41) is 0. The van der Waals surface area contributed by atoms with Crippen LogP contribution in [-0.4, -0.2) is 15.0 Å². The average molecular weight is 318 g/mol. The molecule has 5 heteroatoms. The molecule has 0 aliphatic rings. The molecule has 2 aromatic carbocycles. The van der Waals surface area contributed by atoms with Crippen LogP contribution in [0.4, 0.5) is 0 Å². The molecule has 0 aliphatic heterocycles. The van der Waals surface area contributed by atoms with Gasteiger partial charge in [0.15, 0.2) is 0 Å². The highest BCUT2D eigenvalue weighted by Gasteiger charge is 2.16. The average Bonchev–Trinajstić information content (AvgIpc) is 2.53. The Bertz CT molecular complexity index is 712. The van der Waals surface area contributed by atoms with Crippen LogP contribution in [0.2, 0.25) is 0 Å². The molecule has 118 valence electrons. The maximum Gasteiger partial charge on any atom is 0.240 e. The van der Waals surface area contributed by atoms with E-state index in [2.05, 4.69) is 4.72 Å². The Kier molecular flexibility index (Phi) is 5.34. The first-order chi connectivity index (χ1) is 10.4. The van der Waals surface area contributed by atoms with Crippen LogP contribution < -0.4 is 10.5 Å². The molecule has 2 rings (SSSR count). The van der Waals surface area contributed by atoms with Gasteiger partial charge in [-0.05, 0) is 29.2 Å². The summed E-state index contributed by atoms with van der Waals surface area (Å²) in [5.41, 5.74) is 7.93. The van der Waals surface area contributed by atoms with Gasteiger partial charge in [-0.1, -0.05) is 56.3 Å². The molecule has 2 aromatic rings. The largest absolute Gasteiger partial charge is 0.323 e. The molecule has 0 aromatic heterocycles. The van der Waals surface area contributed by atoms with Crippen molar-refractivity contribution in [1.29, 1.82) is 0 Å². The first-order valence-corrected chi connectivity index (χ1v) is 8.78. The van der Waals surface area contributed by atoms with Crippen LogP contribution in [0.25, 0.3) is 0 Å². The zero-order valence-corrected chi connectivity index (χ0v) is 13.7. The van der Waals surface area contributed by atoms with Gasteiger partial charge in [0.2, 0.25) is 10.0 Å². The van der Waals surface area contributed by atoms with Crippen molar-refractivity contribution in [3.05, 3.63) is 65.7 Å². The summed E-state index contributed by atoms with van der Waals surface area (Å²) < 4.78 is 27.3. The first kappa shape index (κ1) is 16.7. The lowest BCUT2D eigenvalue weighted by molar-refractivity contribution is 0.572. The van der Waals surface area contributed by atoms with Gasteiger partial charge >= 0.3 is 0 Å². The molecule has 0 radical (unpaired) electrons. The van der Waals surface area contributed by atoms with E-state index in [4.69, 9.17) is 5.73 Å². The number of rotatable bonds is 6. The zero-order valence-electron chi connectivity index (χ0n) is 12.9. The van der Waals surface area contributed by atoms with Gasteiger partial charge in [0.05, 0.1) is 4.90 Å². The minimum atomic E-state index is -3.55. The van der Waals surface area contributed by atoms with E-state index >= 15 is 0 Å². The van der Waals surface area contributed by atoms with Gasteiger partial charge < -0.3 is 5.73 Å². The van der Waals surface area contributed by atoms with E-state index in [1.165, 1.54) is 0 Å². The Balaban J connectivity index is 2.10. The molecule has 0 fully saturated rings. The molecule has 4 nitrogen and oxygen atoms in total. The number of benzene rings is 2. The first-order valence-electron chi connectivity index (χ1n) is 7.30. The number of sulfonamides is 1. The predicted octanol–water partition coefficient (Wildman–Crippen LogP) is 2.79. The van der Waals surface area contributed by atoms with Crippen molar-refractivity contribution in [1.82, 2.24) is 4.72 Å². The summed E-state index contributed by atoms with van der Waals surface area (Å²) in [7, 11) is -3.55. The Labute approximate surface area is 132 Å². The molecule has 3 N–H and O–H groups in total. The van der Waals surface area contributed by atoms with Crippen molar-refractivity contribution in [2.45, 2.75) is 30.7 Å². The summed E-state index contributed by atoms with van der Waals surface area (Å²) >= 11 is 0. The highest BCUT2D eigenvalue weighted by molar-refractivity contribution is 7.89. The SMILES string of the molecule is CC(C)c1cccc(S(=O)(=O)NCC(N)c2ccccc2)c1. The van der Waals surface area contributed by atoms with E-state index in [1.807, 2.05) is 50.2 Å². The maximum absolute atomic E-state index is 12.4. The van der Waals surface area contributed by atoms with Gasteiger partial charge in [-0.15, -0.1) is 0 Å². The molecule has 0 saturated carbocycles. The monoisotopic (exact) mass is 318 g/mol. The third kappa shape index (κ3) is 4.16. The second kappa shape index (κ2) is 7.05. The van der Waals surface area contributed by atoms with Crippen LogP contribution in [0.1, 0.15) is 36.9 Å². The zero-order chi connectivity index (χ0) is 16.2. The summed E-state index contributed by atoms with van der Waals surface area (Å²) in [6, 6.07) is 16.1. The van der Waals surface area contributed by atoms with E-state index in [9.17, 15) is 8.42 Å². The number of hydrogen-bond acceptors (Lipinski definition) is 3. The van der Waals surface area contributed by atoms with Crippen LogP contribution in [0, 0.1) is 0 Å². The van der Waals surface area contributed by atoms with Crippen LogP contribution in [0.15, 0.2) is 59.5 Å². The van der Waals surface area contributed by atoms with Gasteiger partial charge in [0.1, 0.15) is 0 Å². The molecular formula is C17H22N2O2S. The van der Waals surface area contributed by atoms with Crippen LogP contribution in [-0.2, 0) is 10.0 Å². The molecule has 0 heterocycles. The quantitative estimate of drug-likeness (QED) is 0.860. The minimum Gasteiger partial charge on any atom is -0.323 e. The Morgan fingerprint density at radius 2 is 1.64 bits per heavy atom. The third-order valence-electron chi connectivity index (χ3n) is 3.56. The lowest BCUT2D eigenvalue weighted by Crippen LogP contribution is -2.32. The summed E-state index contributed by atoms with van der Waals surface area (Å²) in [4.78, 5) is 0.277. The van der Waals surface area contributed by atoms with Crippen LogP contribution in [0.3, 0.4) is 0 Å². The Hall–Kier alpha value is -1.69. The molecule has 0 saturated heterocycles. The standard InChI is InChI=1S/C17H22N2O2S/c1-13(2)15-9-6-10-16(11-15)22(20,21)19-12-17(18)14-7-4-3-5-8-14/h3-11,13,17,19H,12,18H2,1-2H3. The van der Waals surface area contributed by atoms with Gasteiger partial charge in [0, 0.05) is 12.6 Å². The Morgan fingerprint density at radius 3 is 2.27 bits per heavy atom. The molecule has 0 aliphatic carbocycles. The van der Waals surface area contributed by atoms with Crippen molar-refractivity contribution in [2.75, 3.05) is 6.54 Å². The highest BCUT2D eigenvalue weighted by atomic mass is 32.2. The normalized spacial score (nSPS) is 13.3. The topological polar surface area (TPSA) is 72.2 Å². The predicted molar refractivity (Wildman–Crippen MR) is 89.1 cm³/mol. The third-order valence-corrected chi connectivity index (χ3v) is 4.98. The highest BCUT2D eigenvalue weighted by Crippen LogP contribution is 2.19. The van der Waals surface area contributed by atoms with E-state index in [1.54, 1.807) is 18.2 Å². The molecule has 1 unspecified atom stereocenters. The van der Waals surface area contributed by atoms with E-state index < -0.39 is 10.0 Å². The molecule has 0 bridgehead atoms. The summed E-state index contributed by atoms with van der Waals surface area (Å²) in [6.45, 7) is 4.23. The lowest BCUT2D eigenvalue weighted by atomic mass is 10.0. The van der Waals surface area contributed by atoms with E-state index in [-0.39, 0.29) is 23.4 Å². The van der Waals surface area contributed by atoms with Gasteiger partial charge in [-0.3, -0.25) is 0 Å². The fraction of sp³-hybridized carbons (Fsp3) is 0.294. The number of hydrogen-bond donors (Lipinski definition) is 2. The van der Waals surface area contributed by atoms with Crippen molar-refractivity contribution >= 4 is 10.0 Å².